The van der Waals surface area contributed by atoms with Crippen LogP contribution in [0.3, 0.4) is 0 Å². The minimum atomic E-state index is 0.0265. The Bertz CT molecular complexity index is 339. The quantitative estimate of drug-likeness (QED) is 0.673. The number of amides is 2. The van der Waals surface area contributed by atoms with Gasteiger partial charge in [0.25, 0.3) is 0 Å². The fourth-order valence-electron chi connectivity index (χ4n) is 3.18. The van der Waals surface area contributed by atoms with Gasteiger partial charge in [0.05, 0.1) is 6.04 Å². The molecule has 0 aliphatic carbocycles. The predicted molar refractivity (Wildman–Crippen MR) is 62.3 cm³/mol. The van der Waals surface area contributed by atoms with Gasteiger partial charge in [0.2, 0.25) is 11.8 Å². The molecule has 5 nitrogen and oxygen atoms in total. The number of hydrogen-bond donors (Lipinski definition) is 1. The molecule has 3 aliphatic rings. The number of nitrogens with zero attached hydrogens (tertiary/aromatic N) is 2. The number of nitrogens with one attached hydrogen (secondary N) is 1. The van der Waals surface area contributed by atoms with E-state index in [1.807, 2.05) is 9.80 Å². The van der Waals surface area contributed by atoms with Crippen LogP contribution in [0.5, 0.6) is 0 Å². The first-order valence-corrected chi connectivity index (χ1v) is 6.57. The molecule has 3 fully saturated rings. The summed E-state index contributed by atoms with van der Waals surface area (Å²) >= 11 is 0. The predicted octanol–water partition coefficient (Wildman–Crippen LogP) is -0.428. The Labute approximate surface area is 101 Å². The van der Waals surface area contributed by atoms with Crippen LogP contribution in [-0.2, 0) is 9.59 Å². The zero-order valence-corrected chi connectivity index (χ0v) is 10.0. The molecule has 0 aromatic heterocycles. The first-order chi connectivity index (χ1) is 8.25. The Kier molecular flexibility index (Phi) is 2.78. The molecule has 0 bridgehead atoms. The Hall–Kier alpha value is -1.10. The van der Waals surface area contributed by atoms with Crippen LogP contribution in [0.2, 0.25) is 0 Å². The van der Waals surface area contributed by atoms with Crippen molar-refractivity contribution in [1.29, 1.82) is 0 Å². The minimum Gasteiger partial charge on any atom is -0.338 e. The second-order valence-corrected chi connectivity index (χ2v) is 5.21. The molecule has 2 atom stereocenters. The molecule has 1 N–H and O–H groups in total. The van der Waals surface area contributed by atoms with Crippen molar-refractivity contribution in [2.75, 3.05) is 26.2 Å². The van der Waals surface area contributed by atoms with E-state index in [0.717, 1.165) is 38.9 Å². The lowest BCUT2D eigenvalue weighted by Gasteiger charge is -2.38. The highest BCUT2D eigenvalue weighted by molar-refractivity contribution is 5.83. The summed E-state index contributed by atoms with van der Waals surface area (Å²) in [4.78, 5) is 27.7. The van der Waals surface area contributed by atoms with E-state index in [0.29, 0.717) is 13.0 Å². The Morgan fingerprint density at radius 2 is 2.18 bits per heavy atom. The van der Waals surface area contributed by atoms with E-state index in [1.54, 1.807) is 0 Å². The SMILES string of the molecule is O=C(C1CCCN1)N1CCN2C(=O)CCC2C1. The highest BCUT2D eigenvalue weighted by atomic mass is 16.2. The molecule has 0 radical (unpaired) electrons. The molecule has 3 heterocycles. The number of carbonyl (C=O) groups excluding carboxylic acids is 2. The smallest absolute Gasteiger partial charge is 0.239 e. The lowest BCUT2D eigenvalue weighted by atomic mass is 10.1. The summed E-state index contributed by atoms with van der Waals surface area (Å²) in [6.45, 7) is 3.13. The van der Waals surface area contributed by atoms with Gasteiger partial charge in [-0.25, -0.2) is 0 Å². The molecule has 0 aromatic rings. The molecule has 0 spiro atoms. The van der Waals surface area contributed by atoms with Gasteiger partial charge in [-0.15, -0.1) is 0 Å². The second kappa shape index (κ2) is 4.29. The Balaban J connectivity index is 1.62. The molecule has 2 amide bonds. The third-order valence-electron chi connectivity index (χ3n) is 4.16. The molecule has 94 valence electrons. The maximum absolute atomic E-state index is 12.2. The zero-order chi connectivity index (χ0) is 11.8. The standard InChI is InChI=1S/C12H19N3O2/c16-11-4-3-9-8-14(6-7-15(9)11)12(17)10-2-1-5-13-10/h9-10,13H,1-8H2. The van der Waals surface area contributed by atoms with Crippen molar-refractivity contribution in [2.45, 2.75) is 37.8 Å². The zero-order valence-electron chi connectivity index (χ0n) is 10.0. The molecule has 17 heavy (non-hydrogen) atoms. The number of carbonyl (C=O) groups is 2. The van der Waals surface area contributed by atoms with Crippen LogP contribution in [-0.4, -0.2) is 59.9 Å². The van der Waals surface area contributed by atoms with E-state index in [4.69, 9.17) is 0 Å². The van der Waals surface area contributed by atoms with E-state index in [9.17, 15) is 9.59 Å². The van der Waals surface area contributed by atoms with Crippen LogP contribution in [0.15, 0.2) is 0 Å². The summed E-state index contributed by atoms with van der Waals surface area (Å²) < 4.78 is 0. The molecule has 0 aromatic carbocycles. The van der Waals surface area contributed by atoms with Gasteiger partial charge in [-0.2, -0.15) is 0 Å². The van der Waals surface area contributed by atoms with Gasteiger partial charge >= 0.3 is 0 Å². The normalized spacial score (nSPS) is 33.1. The number of rotatable bonds is 1. The number of hydrogen-bond acceptors (Lipinski definition) is 3. The average molecular weight is 237 g/mol. The first kappa shape index (κ1) is 11.0. The van der Waals surface area contributed by atoms with E-state index >= 15 is 0 Å². The Morgan fingerprint density at radius 1 is 1.29 bits per heavy atom. The van der Waals surface area contributed by atoms with Crippen molar-refractivity contribution in [1.82, 2.24) is 15.1 Å². The third-order valence-corrected chi connectivity index (χ3v) is 4.16. The van der Waals surface area contributed by atoms with Crippen molar-refractivity contribution in [3.05, 3.63) is 0 Å². The fraction of sp³-hybridized carbons (Fsp3) is 0.833. The monoisotopic (exact) mass is 237 g/mol. The summed E-state index contributed by atoms with van der Waals surface area (Å²) in [5, 5.41) is 3.25. The summed E-state index contributed by atoms with van der Waals surface area (Å²) in [7, 11) is 0. The van der Waals surface area contributed by atoms with E-state index < -0.39 is 0 Å². The van der Waals surface area contributed by atoms with Gasteiger partial charge in [-0.3, -0.25) is 9.59 Å². The molecular weight excluding hydrogens is 218 g/mol. The lowest BCUT2D eigenvalue weighted by Crippen LogP contribution is -2.56. The van der Waals surface area contributed by atoms with Crippen molar-refractivity contribution in [3.8, 4) is 0 Å². The highest BCUT2D eigenvalue weighted by Gasteiger charge is 2.38. The molecule has 3 rings (SSSR count). The van der Waals surface area contributed by atoms with Crippen molar-refractivity contribution in [3.63, 3.8) is 0 Å². The minimum absolute atomic E-state index is 0.0265. The van der Waals surface area contributed by atoms with Crippen LogP contribution >= 0.6 is 0 Å². The third kappa shape index (κ3) is 1.92. The fourth-order valence-corrected chi connectivity index (χ4v) is 3.18. The molecule has 2 unspecified atom stereocenters. The van der Waals surface area contributed by atoms with Crippen LogP contribution in [0.1, 0.15) is 25.7 Å². The van der Waals surface area contributed by atoms with Gasteiger partial charge in [0.15, 0.2) is 0 Å². The van der Waals surface area contributed by atoms with Crippen LogP contribution in [0.4, 0.5) is 0 Å². The highest BCUT2D eigenvalue weighted by Crippen LogP contribution is 2.23. The topological polar surface area (TPSA) is 52.7 Å². The maximum Gasteiger partial charge on any atom is 0.239 e. The van der Waals surface area contributed by atoms with E-state index in [-0.39, 0.29) is 23.9 Å². The summed E-state index contributed by atoms with van der Waals surface area (Å²) in [6, 6.07) is 0.306. The van der Waals surface area contributed by atoms with Crippen molar-refractivity contribution < 1.29 is 9.59 Å². The average Bonchev–Trinajstić information content (AvgIpc) is 2.98. The van der Waals surface area contributed by atoms with Gasteiger partial charge in [-0.1, -0.05) is 0 Å². The summed E-state index contributed by atoms with van der Waals surface area (Å²) in [5.74, 6) is 0.502. The molecular formula is C12H19N3O2. The molecule has 3 aliphatic heterocycles. The largest absolute Gasteiger partial charge is 0.338 e. The van der Waals surface area contributed by atoms with E-state index in [1.165, 1.54) is 0 Å². The van der Waals surface area contributed by atoms with Gasteiger partial charge < -0.3 is 15.1 Å². The number of fused-ring (bicyclic) bond motifs is 1. The van der Waals surface area contributed by atoms with Gasteiger partial charge in [-0.05, 0) is 25.8 Å². The molecule has 0 saturated carbocycles. The van der Waals surface area contributed by atoms with Crippen LogP contribution in [0, 0.1) is 0 Å². The van der Waals surface area contributed by atoms with Gasteiger partial charge in [0.1, 0.15) is 0 Å². The number of piperazine rings is 1. The molecule has 5 heteroatoms. The maximum atomic E-state index is 12.2. The van der Waals surface area contributed by atoms with Gasteiger partial charge in [0, 0.05) is 32.1 Å². The van der Waals surface area contributed by atoms with Crippen LogP contribution < -0.4 is 5.32 Å². The van der Waals surface area contributed by atoms with Crippen molar-refractivity contribution >= 4 is 11.8 Å². The first-order valence-electron chi connectivity index (χ1n) is 6.57. The Morgan fingerprint density at radius 3 is 2.94 bits per heavy atom. The van der Waals surface area contributed by atoms with E-state index in [2.05, 4.69) is 5.32 Å². The second-order valence-electron chi connectivity index (χ2n) is 5.21. The van der Waals surface area contributed by atoms with Crippen molar-refractivity contribution in [2.24, 2.45) is 0 Å². The summed E-state index contributed by atoms with van der Waals surface area (Å²) in [6.07, 6.45) is 3.63. The molecule has 3 saturated heterocycles. The summed E-state index contributed by atoms with van der Waals surface area (Å²) in [5.41, 5.74) is 0. The lowest BCUT2D eigenvalue weighted by molar-refractivity contribution is -0.140. The van der Waals surface area contributed by atoms with Crippen LogP contribution in [0.25, 0.3) is 0 Å².